The van der Waals surface area contributed by atoms with Crippen LogP contribution in [0.4, 0.5) is 0 Å². The van der Waals surface area contributed by atoms with Crippen molar-refractivity contribution in [2.24, 2.45) is 0 Å². The summed E-state index contributed by atoms with van der Waals surface area (Å²) in [5.74, 6) is 0.294. The van der Waals surface area contributed by atoms with Crippen molar-refractivity contribution in [2.75, 3.05) is 26.2 Å². The van der Waals surface area contributed by atoms with E-state index in [1.54, 1.807) is 6.07 Å². The van der Waals surface area contributed by atoms with Gasteiger partial charge in [-0.1, -0.05) is 83.9 Å². The molecule has 3 aromatic carbocycles. The Morgan fingerprint density at radius 1 is 0.857 bits per heavy atom. The minimum atomic E-state index is 0. The van der Waals surface area contributed by atoms with Crippen LogP contribution in [0.5, 0.6) is 0 Å². The first-order valence-corrected chi connectivity index (χ1v) is 12.5. The van der Waals surface area contributed by atoms with Gasteiger partial charge < -0.3 is 15.3 Å². The number of amides is 1. The van der Waals surface area contributed by atoms with Gasteiger partial charge in [0.2, 0.25) is 5.91 Å². The number of fused-ring (bicyclic) bond motifs is 1. The minimum absolute atomic E-state index is 0. The van der Waals surface area contributed by atoms with Crippen molar-refractivity contribution in [1.29, 1.82) is 0 Å². The summed E-state index contributed by atoms with van der Waals surface area (Å²) in [6.45, 7) is 3.77. The van der Waals surface area contributed by atoms with E-state index >= 15 is 0 Å². The van der Waals surface area contributed by atoms with Crippen molar-refractivity contribution in [1.82, 2.24) is 9.80 Å². The van der Waals surface area contributed by atoms with Crippen molar-refractivity contribution < 1.29 is 10.3 Å². The Bertz CT molecular complexity index is 1140. The maximum Gasteiger partial charge on any atom is 0.227 e. The van der Waals surface area contributed by atoms with Gasteiger partial charge in [0.1, 0.15) is 0 Å². The summed E-state index contributed by atoms with van der Waals surface area (Å²) in [6.07, 6.45) is 2.79. The molecule has 2 atom stereocenters. The van der Waals surface area contributed by atoms with Crippen LogP contribution in [-0.2, 0) is 11.2 Å². The quantitative estimate of drug-likeness (QED) is 0.407. The highest BCUT2D eigenvalue weighted by Gasteiger charge is 2.37. The molecule has 2 aliphatic rings. The fraction of sp³-hybridized carbons (Fsp3) is 0.321. The van der Waals surface area contributed by atoms with Crippen LogP contribution in [0.25, 0.3) is 0 Å². The van der Waals surface area contributed by atoms with Gasteiger partial charge in [-0.2, -0.15) is 0 Å². The molecule has 0 spiro atoms. The molecule has 186 valence electrons. The predicted molar refractivity (Wildman–Crippen MR) is 146 cm³/mol. The summed E-state index contributed by atoms with van der Waals surface area (Å²) >= 11 is 12.3. The predicted octanol–water partition coefficient (Wildman–Crippen LogP) is 5.94. The SMILES string of the molecule is Cl.O.O=C(Cc1ccc(Cl)c(Cl)c1)N1CC(c2ccccc2)c2ccccc2C1CN1CCCC1. The van der Waals surface area contributed by atoms with Crippen LogP contribution in [0.3, 0.4) is 0 Å². The lowest BCUT2D eigenvalue weighted by atomic mass is 9.81. The van der Waals surface area contributed by atoms with E-state index in [-0.39, 0.29) is 35.8 Å². The monoisotopic (exact) mass is 532 g/mol. The molecule has 7 heteroatoms. The Hall–Kier alpha value is -2.08. The van der Waals surface area contributed by atoms with E-state index in [2.05, 4.69) is 58.3 Å². The molecule has 0 aromatic heterocycles. The Balaban J connectivity index is 0.00000171. The van der Waals surface area contributed by atoms with E-state index in [1.165, 1.54) is 29.5 Å². The fourth-order valence-corrected chi connectivity index (χ4v) is 5.62. The minimum Gasteiger partial charge on any atom is -0.412 e. The number of hydrogen-bond acceptors (Lipinski definition) is 2. The van der Waals surface area contributed by atoms with Gasteiger partial charge in [0.25, 0.3) is 0 Å². The van der Waals surface area contributed by atoms with Crippen LogP contribution < -0.4 is 0 Å². The van der Waals surface area contributed by atoms with Crippen LogP contribution in [0.1, 0.15) is 47.1 Å². The largest absolute Gasteiger partial charge is 0.412 e. The van der Waals surface area contributed by atoms with Crippen LogP contribution >= 0.6 is 35.6 Å². The number of benzene rings is 3. The molecule has 0 radical (unpaired) electrons. The Morgan fingerprint density at radius 2 is 1.51 bits per heavy atom. The highest BCUT2D eigenvalue weighted by molar-refractivity contribution is 6.42. The first-order valence-electron chi connectivity index (χ1n) is 11.7. The van der Waals surface area contributed by atoms with Gasteiger partial charge in [-0.25, -0.2) is 0 Å². The number of hydrogen-bond donors (Lipinski definition) is 0. The third-order valence-electron chi connectivity index (χ3n) is 6.98. The summed E-state index contributed by atoms with van der Waals surface area (Å²) < 4.78 is 0. The molecule has 4 nitrogen and oxygen atoms in total. The van der Waals surface area contributed by atoms with Gasteiger partial charge in [-0.3, -0.25) is 4.79 Å². The van der Waals surface area contributed by atoms with Gasteiger partial charge in [-0.15, -0.1) is 12.4 Å². The molecule has 1 amide bonds. The van der Waals surface area contributed by atoms with Crippen LogP contribution in [0.15, 0.2) is 72.8 Å². The van der Waals surface area contributed by atoms with Gasteiger partial charge in [0.15, 0.2) is 0 Å². The van der Waals surface area contributed by atoms with E-state index in [0.717, 1.165) is 25.2 Å². The fourth-order valence-electron chi connectivity index (χ4n) is 5.30. The van der Waals surface area contributed by atoms with E-state index in [9.17, 15) is 4.79 Å². The number of halogens is 3. The smallest absolute Gasteiger partial charge is 0.227 e. The summed E-state index contributed by atoms with van der Waals surface area (Å²) in [7, 11) is 0. The van der Waals surface area contributed by atoms with Crippen molar-refractivity contribution in [3.8, 4) is 0 Å². The van der Waals surface area contributed by atoms with Crippen molar-refractivity contribution >= 4 is 41.5 Å². The number of nitrogens with zero attached hydrogens (tertiary/aromatic N) is 2. The highest BCUT2D eigenvalue weighted by atomic mass is 35.5. The van der Waals surface area contributed by atoms with Crippen molar-refractivity contribution in [3.05, 3.63) is 105 Å². The van der Waals surface area contributed by atoms with Crippen LogP contribution in [0, 0.1) is 0 Å². The summed E-state index contributed by atoms with van der Waals surface area (Å²) in [6, 6.07) is 24.7. The average Bonchev–Trinajstić information content (AvgIpc) is 3.35. The standard InChI is InChI=1S/C28H28Cl2N2O.ClH.H2O/c29-25-13-12-20(16-26(25)30)17-28(33)32-18-24(21-8-2-1-3-9-21)22-10-4-5-11-23(22)27(32)19-31-14-6-7-15-31;;/h1-5,8-13,16,24,27H,6-7,14-15,17-19H2;1H;1H2. The first-order chi connectivity index (χ1) is 16.1. The van der Waals surface area contributed by atoms with Gasteiger partial charge in [-0.05, 0) is 60.3 Å². The molecule has 0 aliphatic carbocycles. The average molecular weight is 534 g/mol. The second-order valence-corrected chi connectivity index (χ2v) is 9.90. The van der Waals surface area contributed by atoms with Crippen molar-refractivity contribution in [2.45, 2.75) is 31.2 Å². The number of rotatable bonds is 5. The second-order valence-electron chi connectivity index (χ2n) is 9.09. The lowest BCUT2D eigenvalue weighted by Gasteiger charge is -2.43. The van der Waals surface area contributed by atoms with E-state index in [0.29, 0.717) is 23.0 Å². The van der Waals surface area contributed by atoms with E-state index < -0.39 is 0 Å². The molecule has 1 fully saturated rings. The van der Waals surface area contributed by atoms with E-state index in [4.69, 9.17) is 23.2 Å². The molecule has 2 heterocycles. The second kappa shape index (κ2) is 12.2. The maximum absolute atomic E-state index is 13.8. The summed E-state index contributed by atoms with van der Waals surface area (Å²) in [4.78, 5) is 18.4. The Labute approximate surface area is 223 Å². The molecule has 35 heavy (non-hydrogen) atoms. The molecule has 1 saturated heterocycles. The van der Waals surface area contributed by atoms with Crippen LogP contribution in [0.2, 0.25) is 10.0 Å². The molecule has 0 bridgehead atoms. The topological polar surface area (TPSA) is 55.1 Å². The molecular formula is C28H31Cl3N2O2. The third kappa shape index (κ3) is 6.02. The normalized spacial score (nSPS) is 19.4. The van der Waals surface area contributed by atoms with Gasteiger partial charge >= 0.3 is 0 Å². The third-order valence-corrected chi connectivity index (χ3v) is 7.72. The zero-order valence-electron chi connectivity index (χ0n) is 19.5. The molecular weight excluding hydrogens is 503 g/mol. The number of likely N-dealkylation sites (tertiary alicyclic amines) is 1. The Morgan fingerprint density at radius 3 is 2.20 bits per heavy atom. The van der Waals surface area contributed by atoms with Gasteiger partial charge in [0.05, 0.1) is 22.5 Å². The lowest BCUT2D eigenvalue weighted by Crippen LogP contribution is -2.47. The number of carbonyl (C=O) groups is 1. The van der Waals surface area contributed by atoms with Gasteiger partial charge in [0, 0.05) is 19.0 Å². The van der Waals surface area contributed by atoms with Crippen LogP contribution in [-0.4, -0.2) is 47.4 Å². The molecule has 2 N–H and O–H groups in total. The molecule has 0 saturated carbocycles. The lowest BCUT2D eigenvalue weighted by molar-refractivity contribution is -0.134. The zero-order chi connectivity index (χ0) is 22.8. The molecule has 5 rings (SSSR count). The summed E-state index contributed by atoms with van der Waals surface area (Å²) in [5, 5.41) is 0.998. The highest BCUT2D eigenvalue weighted by Crippen LogP contribution is 2.40. The molecule has 3 aromatic rings. The molecule has 2 unspecified atom stereocenters. The summed E-state index contributed by atoms with van der Waals surface area (Å²) in [5.41, 5.74) is 4.75. The van der Waals surface area contributed by atoms with Crippen molar-refractivity contribution in [3.63, 3.8) is 0 Å². The maximum atomic E-state index is 13.8. The zero-order valence-corrected chi connectivity index (χ0v) is 21.8. The molecule has 2 aliphatic heterocycles. The Kier molecular flexibility index (Phi) is 9.62. The number of carbonyl (C=O) groups excluding carboxylic acids is 1. The first kappa shape index (κ1) is 27.5. The van der Waals surface area contributed by atoms with E-state index in [1.807, 2.05) is 18.2 Å².